The molecule has 1 aromatic heterocycles. The van der Waals surface area contributed by atoms with Crippen LogP contribution in [0.1, 0.15) is 32.1 Å². The fourth-order valence-corrected chi connectivity index (χ4v) is 4.89. The molecule has 122 valence electrons. The van der Waals surface area contributed by atoms with E-state index in [-0.39, 0.29) is 6.03 Å². The zero-order valence-corrected chi connectivity index (χ0v) is 14.8. The summed E-state index contributed by atoms with van der Waals surface area (Å²) in [7, 11) is 0. The SMILES string of the molecule is CSC1(CNC(=O)NC2CCN(c3cccs3)CC2)CCC1. The number of amides is 2. The Hall–Kier alpha value is -0.880. The van der Waals surface area contributed by atoms with E-state index in [0.717, 1.165) is 32.5 Å². The highest BCUT2D eigenvalue weighted by atomic mass is 32.2. The quantitative estimate of drug-likeness (QED) is 0.865. The van der Waals surface area contributed by atoms with Gasteiger partial charge in [0.05, 0.1) is 5.00 Å². The number of anilines is 1. The Balaban J connectivity index is 1.38. The number of nitrogens with zero attached hydrogens (tertiary/aromatic N) is 1. The Kier molecular flexibility index (Phi) is 5.18. The smallest absolute Gasteiger partial charge is 0.315 e. The molecule has 0 bridgehead atoms. The molecule has 4 nitrogen and oxygen atoms in total. The van der Waals surface area contributed by atoms with Gasteiger partial charge in [0.15, 0.2) is 0 Å². The number of carbonyl (C=O) groups is 1. The van der Waals surface area contributed by atoms with Gasteiger partial charge in [-0.3, -0.25) is 0 Å². The first-order chi connectivity index (χ1) is 10.7. The summed E-state index contributed by atoms with van der Waals surface area (Å²) in [5.74, 6) is 0. The minimum Gasteiger partial charge on any atom is -0.363 e. The third-order valence-corrected chi connectivity index (χ3v) is 7.26. The third kappa shape index (κ3) is 3.71. The van der Waals surface area contributed by atoms with Crippen LogP contribution in [0, 0.1) is 0 Å². The zero-order chi connectivity index (χ0) is 15.4. The molecular weight excluding hydrogens is 314 g/mol. The Morgan fingerprint density at radius 3 is 2.77 bits per heavy atom. The number of hydrogen-bond acceptors (Lipinski definition) is 4. The van der Waals surface area contributed by atoms with Gasteiger partial charge >= 0.3 is 6.03 Å². The van der Waals surface area contributed by atoms with Crippen LogP contribution < -0.4 is 15.5 Å². The predicted octanol–water partition coefficient (Wildman–Crippen LogP) is 3.30. The molecule has 2 fully saturated rings. The largest absolute Gasteiger partial charge is 0.363 e. The minimum atomic E-state index is 0.00917. The van der Waals surface area contributed by atoms with Crippen molar-refractivity contribution < 1.29 is 4.79 Å². The van der Waals surface area contributed by atoms with Crippen molar-refractivity contribution in [2.45, 2.75) is 42.9 Å². The first kappa shape index (κ1) is 16.0. The normalized spacial score (nSPS) is 21.2. The van der Waals surface area contributed by atoms with Crippen LogP contribution >= 0.6 is 23.1 Å². The molecule has 0 spiro atoms. The van der Waals surface area contributed by atoms with E-state index in [2.05, 4.69) is 39.3 Å². The van der Waals surface area contributed by atoms with Crippen LogP contribution in [0.15, 0.2) is 17.5 Å². The topological polar surface area (TPSA) is 44.4 Å². The van der Waals surface area contributed by atoms with Crippen LogP contribution in [0.3, 0.4) is 0 Å². The third-order valence-electron chi connectivity index (χ3n) is 4.92. The fraction of sp³-hybridized carbons (Fsp3) is 0.688. The lowest BCUT2D eigenvalue weighted by Crippen LogP contribution is -2.52. The molecule has 1 saturated carbocycles. The average molecular weight is 340 g/mol. The minimum absolute atomic E-state index is 0.00917. The average Bonchev–Trinajstić information content (AvgIpc) is 3.02. The van der Waals surface area contributed by atoms with Crippen molar-refractivity contribution in [2.24, 2.45) is 0 Å². The monoisotopic (exact) mass is 339 g/mol. The highest BCUT2D eigenvalue weighted by molar-refractivity contribution is 8.00. The van der Waals surface area contributed by atoms with Crippen LogP contribution in [-0.4, -0.2) is 42.7 Å². The molecule has 2 aliphatic rings. The lowest BCUT2D eigenvalue weighted by Gasteiger charge is -2.40. The van der Waals surface area contributed by atoms with Gasteiger partial charge in [-0.1, -0.05) is 6.42 Å². The molecule has 0 unspecified atom stereocenters. The molecule has 1 aromatic rings. The highest BCUT2D eigenvalue weighted by Crippen LogP contribution is 2.42. The van der Waals surface area contributed by atoms with Crippen LogP contribution in [0.2, 0.25) is 0 Å². The van der Waals surface area contributed by atoms with E-state index in [9.17, 15) is 4.79 Å². The molecule has 2 N–H and O–H groups in total. The number of carbonyl (C=O) groups excluding carboxylic acids is 1. The molecule has 2 amide bonds. The first-order valence-electron chi connectivity index (χ1n) is 8.09. The number of piperidine rings is 1. The van der Waals surface area contributed by atoms with Gasteiger partial charge in [-0.25, -0.2) is 4.79 Å². The number of thiophene rings is 1. The maximum absolute atomic E-state index is 12.1. The van der Waals surface area contributed by atoms with Crippen molar-refractivity contribution >= 4 is 34.1 Å². The molecule has 0 atom stereocenters. The number of hydrogen-bond donors (Lipinski definition) is 2. The maximum Gasteiger partial charge on any atom is 0.315 e. The van der Waals surface area contributed by atoms with E-state index >= 15 is 0 Å². The van der Waals surface area contributed by atoms with Crippen LogP contribution in [0.25, 0.3) is 0 Å². The zero-order valence-electron chi connectivity index (χ0n) is 13.1. The Morgan fingerprint density at radius 2 is 2.23 bits per heavy atom. The van der Waals surface area contributed by atoms with Crippen molar-refractivity contribution in [1.82, 2.24) is 10.6 Å². The summed E-state index contributed by atoms with van der Waals surface area (Å²) in [6.07, 6.45) is 7.96. The van der Waals surface area contributed by atoms with E-state index < -0.39 is 0 Å². The lowest BCUT2D eigenvalue weighted by atomic mass is 9.84. The Labute approximate surface area is 141 Å². The van der Waals surface area contributed by atoms with E-state index in [4.69, 9.17) is 0 Å². The summed E-state index contributed by atoms with van der Waals surface area (Å²) in [6.45, 7) is 2.86. The van der Waals surface area contributed by atoms with Gasteiger partial charge in [-0.2, -0.15) is 11.8 Å². The molecule has 6 heteroatoms. The number of rotatable bonds is 5. The molecule has 1 saturated heterocycles. The van der Waals surface area contributed by atoms with Gasteiger partial charge < -0.3 is 15.5 Å². The van der Waals surface area contributed by atoms with E-state index in [1.54, 1.807) is 11.3 Å². The van der Waals surface area contributed by atoms with Crippen LogP contribution in [0.5, 0.6) is 0 Å². The summed E-state index contributed by atoms with van der Waals surface area (Å²) in [5, 5.41) is 9.69. The summed E-state index contributed by atoms with van der Waals surface area (Å²) in [4.78, 5) is 14.5. The van der Waals surface area contributed by atoms with Gasteiger partial charge in [-0.05, 0) is 49.5 Å². The van der Waals surface area contributed by atoms with Gasteiger partial charge in [0.1, 0.15) is 0 Å². The summed E-state index contributed by atoms with van der Waals surface area (Å²) in [5.41, 5.74) is 0. The summed E-state index contributed by atoms with van der Waals surface area (Å²) < 4.78 is 0.305. The van der Waals surface area contributed by atoms with Crippen molar-refractivity contribution in [3.8, 4) is 0 Å². The maximum atomic E-state index is 12.1. The standard InChI is InChI=1S/C16H25N3OS2/c1-21-16(7-3-8-16)12-17-15(20)18-13-5-9-19(10-6-13)14-4-2-11-22-14/h2,4,11,13H,3,5-10,12H2,1H3,(H2,17,18,20). The molecule has 1 aliphatic carbocycles. The molecule has 0 radical (unpaired) electrons. The van der Waals surface area contributed by atoms with Gasteiger partial charge in [-0.15, -0.1) is 11.3 Å². The first-order valence-corrected chi connectivity index (χ1v) is 10.2. The van der Waals surface area contributed by atoms with E-state index in [0.29, 0.717) is 10.8 Å². The highest BCUT2D eigenvalue weighted by Gasteiger charge is 2.36. The second kappa shape index (κ2) is 7.13. The predicted molar refractivity (Wildman–Crippen MR) is 96.2 cm³/mol. The van der Waals surface area contributed by atoms with Gasteiger partial charge in [0, 0.05) is 30.4 Å². The molecule has 1 aliphatic heterocycles. The second-order valence-electron chi connectivity index (χ2n) is 6.28. The van der Waals surface area contributed by atoms with Crippen LogP contribution in [0.4, 0.5) is 9.80 Å². The molecule has 2 heterocycles. The molecular formula is C16H25N3OS2. The van der Waals surface area contributed by atoms with E-state index in [1.807, 2.05) is 11.8 Å². The van der Waals surface area contributed by atoms with Crippen molar-refractivity contribution in [3.63, 3.8) is 0 Å². The number of urea groups is 1. The fourth-order valence-electron chi connectivity index (χ4n) is 3.20. The molecule has 0 aromatic carbocycles. The van der Waals surface area contributed by atoms with Crippen molar-refractivity contribution in [1.29, 1.82) is 0 Å². The lowest BCUT2D eigenvalue weighted by molar-refractivity contribution is 0.230. The van der Waals surface area contributed by atoms with E-state index in [1.165, 1.54) is 24.3 Å². The summed E-state index contributed by atoms with van der Waals surface area (Å²) in [6, 6.07) is 4.59. The summed E-state index contributed by atoms with van der Waals surface area (Å²) >= 11 is 3.69. The number of nitrogens with one attached hydrogen (secondary N) is 2. The Bertz CT molecular complexity index is 474. The Morgan fingerprint density at radius 1 is 1.45 bits per heavy atom. The molecule has 22 heavy (non-hydrogen) atoms. The van der Waals surface area contributed by atoms with Crippen molar-refractivity contribution in [3.05, 3.63) is 17.5 Å². The second-order valence-corrected chi connectivity index (χ2v) is 8.48. The van der Waals surface area contributed by atoms with Gasteiger partial charge in [0.25, 0.3) is 0 Å². The van der Waals surface area contributed by atoms with Crippen LogP contribution in [-0.2, 0) is 0 Å². The molecule has 3 rings (SSSR count). The van der Waals surface area contributed by atoms with Gasteiger partial charge in [0.2, 0.25) is 0 Å². The van der Waals surface area contributed by atoms with Crippen molar-refractivity contribution in [2.75, 3.05) is 30.8 Å². The number of thioether (sulfide) groups is 1.